The molecule has 1 heterocycles. The van der Waals surface area contributed by atoms with Crippen molar-refractivity contribution in [2.45, 2.75) is 63.1 Å². The fourth-order valence-corrected chi connectivity index (χ4v) is 5.62. The van der Waals surface area contributed by atoms with E-state index in [1.807, 2.05) is 11.8 Å². The smallest absolute Gasteiger partial charge is 0.122 e. The molecule has 1 aliphatic heterocycles. The molecule has 0 amide bonds. The Morgan fingerprint density at radius 3 is 2.75 bits per heavy atom. The van der Waals surface area contributed by atoms with Gasteiger partial charge in [0.1, 0.15) is 10.7 Å². The topological polar surface area (TPSA) is 18.5 Å². The maximum atomic E-state index is 6.05. The normalized spacial score (nSPS) is 19.5. The van der Waals surface area contributed by atoms with Crippen molar-refractivity contribution in [1.29, 1.82) is 0 Å². The van der Waals surface area contributed by atoms with Crippen LogP contribution in [0.3, 0.4) is 0 Å². The van der Waals surface area contributed by atoms with E-state index < -0.39 is 0 Å². The Labute approximate surface area is 156 Å². The van der Waals surface area contributed by atoms with Gasteiger partial charge < -0.3 is 9.47 Å². The standard InChI is InChI=1S/C20H32O2S2/c1-4-10-17-11-7-8-12-19(17)21-13-9-14-23-16-18-15-22-20(5-2,6-3)24-18/h7-8,11-12,18H,4-6,9-10,13-16H2,1-3H3. The van der Waals surface area contributed by atoms with E-state index in [1.54, 1.807) is 0 Å². The molecule has 0 bridgehead atoms. The number of benzene rings is 1. The molecule has 0 radical (unpaired) electrons. The molecule has 0 spiro atoms. The molecule has 136 valence electrons. The fraction of sp³-hybridized carbons (Fsp3) is 0.700. The third kappa shape index (κ3) is 5.89. The maximum absolute atomic E-state index is 6.05. The van der Waals surface area contributed by atoms with Gasteiger partial charge in [-0.05, 0) is 43.1 Å². The molecular formula is C20H32O2S2. The monoisotopic (exact) mass is 368 g/mol. The molecule has 1 atom stereocenters. The summed E-state index contributed by atoms with van der Waals surface area (Å²) in [6, 6.07) is 8.44. The first-order valence-corrected chi connectivity index (χ1v) is 11.4. The lowest BCUT2D eigenvalue weighted by Crippen LogP contribution is -2.21. The summed E-state index contributed by atoms with van der Waals surface area (Å²) in [5.41, 5.74) is 1.34. The lowest BCUT2D eigenvalue weighted by atomic mass is 10.1. The van der Waals surface area contributed by atoms with Crippen LogP contribution in [-0.2, 0) is 11.2 Å². The summed E-state index contributed by atoms with van der Waals surface area (Å²) in [5.74, 6) is 3.43. The minimum absolute atomic E-state index is 0.0946. The average molecular weight is 369 g/mol. The largest absolute Gasteiger partial charge is 0.493 e. The van der Waals surface area contributed by atoms with Crippen LogP contribution in [0.1, 0.15) is 52.0 Å². The van der Waals surface area contributed by atoms with E-state index in [-0.39, 0.29) is 4.93 Å². The SMILES string of the molecule is CCCc1ccccc1OCCCSCC1COC(CC)(CC)S1. The Bertz CT molecular complexity index is 474. The van der Waals surface area contributed by atoms with E-state index >= 15 is 0 Å². The summed E-state index contributed by atoms with van der Waals surface area (Å²) < 4.78 is 12.0. The number of rotatable bonds is 11. The van der Waals surface area contributed by atoms with Crippen LogP contribution in [0, 0.1) is 0 Å². The van der Waals surface area contributed by atoms with Crippen LogP contribution in [-0.4, -0.2) is 34.9 Å². The van der Waals surface area contributed by atoms with Crippen molar-refractivity contribution in [3.8, 4) is 5.75 Å². The molecule has 2 rings (SSSR count). The number of thioether (sulfide) groups is 2. The van der Waals surface area contributed by atoms with Crippen molar-refractivity contribution in [3.63, 3.8) is 0 Å². The summed E-state index contributed by atoms with van der Waals surface area (Å²) in [6.45, 7) is 8.42. The predicted molar refractivity (Wildman–Crippen MR) is 109 cm³/mol. The highest BCUT2D eigenvalue weighted by atomic mass is 32.2. The Hall–Kier alpha value is -0.320. The van der Waals surface area contributed by atoms with Crippen molar-refractivity contribution in [2.75, 3.05) is 24.7 Å². The lowest BCUT2D eigenvalue weighted by Gasteiger charge is -2.24. The molecule has 24 heavy (non-hydrogen) atoms. The van der Waals surface area contributed by atoms with Crippen LogP contribution in [0.4, 0.5) is 0 Å². The summed E-state index contributed by atoms with van der Waals surface area (Å²) in [5, 5.41) is 0.654. The van der Waals surface area contributed by atoms with Crippen molar-refractivity contribution >= 4 is 23.5 Å². The van der Waals surface area contributed by atoms with Gasteiger partial charge in [-0.15, -0.1) is 11.8 Å². The molecule has 0 aromatic heterocycles. The zero-order chi connectivity index (χ0) is 17.3. The third-order valence-electron chi connectivity index (χ3n) is 4.48. The van der Waals surface area contributed by atoms with Crippen molar-refractivity contribution in [3.05, 3.63) is 29.8 Å². The van der Waals surface area contributed by atoms with Gasteiger partial charge in [-0.3, -0.25) is 0 Å². The van der Waals surface area contributed by atoms with E-state index in [4.69, 9.17) is 9.47 Å². The van der Waals surface area contributed by atoms with Crippen LogP contribution in [0.2, 0.25) is 0 Å². The van der Waals surface area contributed by atoms with Crippen molar-refractivity contribution in [2.24, 2.45) is 0 Å². The molecule has 0 saturated carbocycles. The molecule has 4 heteroatoms. The zero-order valence-electron chi connectivity index (χ0n) is 15.4. The Kier molecular flexibility index (Phi) is 8.85. The van der Waals surface area contributed by atoms with Gasteiger partial charge in [-0.2, -0.15) is 11.8 Å². The molecular weight excluding hydrogens is 336 g/mol. The van der Waals surface area contributed by atoms with Gasteiger partial charge in [0, 0.05) is 11.0 Å². The highest BCUT2D eigenvalue weighted by Crippen LogP contribution is 2.43. The lowest BCUT2D eigenvalue weighted by molar-refractivity contribution is 0.0412. The molecule has 0 aliphatic carbocycles. The zero-order valence-corrected chi connectivity index (χ0v) is 17.0. The quantitative estimate of drug-likeness (QED) is 0.460. The summed E-state index contributed by atoms with van der Waals surface area (Å²) >= 11 is 4.09. The van der Waals surface area contributed by atoms with Crippen LogP contribution in [0.25, 0.3) is 0 Å². The number of hydrogen-bond acceptors (Lipinski definition) is 4. The third-order valence-corrected chi connectivity index (χ3v) is 7.66. The second kappa shape index (κ2) is 10.6. The van der Waals surface area contributed by atoms with Gasteiger partial charge in [0.25, 0.3) is 0 Å². The first-order valence-electron chi connectivity index (χ1n) is 9.33. The Balaban J connectivity index is 1.59. The predicted octanol–water partition coefficient (Wildman–Crippen LogP) is 5.79. The minimum atomic E-state index is 0.0946. The Morgan fingerprint density at radius 1 is 1.25 bits per heavy atom. The Morgan fingerprint density at radius 2 is 2.04 bits per heavy atom. The minimum Gasteiger partial charge on any atom is -0.493 e. The van der Waals surface area contributed by atoms with Crippen LogP contribution in [0.5, 0.6) is 5.75 Å². The number of hydrogen-bond donors (Lipinski definition) is 0. The maximum Gasteiger partial charge on any atom is 0.122 e. The number of para-hydroxylation sites is 1. The summed E-state index contributed by atoms with van der Waals surface area (Å²) in [6.07, 6.45) is 5.59. The average Bonchev–Trinajstić information content (AvgIpc) is 3.04. The summed E-state index contributed by atoms with van der Waals surface area (Å²) in [7, 11) is 0. The van der Waals surface area contributed by atoms with Gasteiger partial charge >= 0.3 is 0 Å². The first-order chi connectivity index (χ1) is 11.7. The van der Waals surface area contributed by atoms with Gasteiger partial charge in [0.15, 0.2) is 0 Å². The molecule has 1 unspecified atom stereocenters. The molecule has 1 aliphatic rings. The summed E-state index contributed by atoms with van der Waals surface area (Å²) in [4.78, 5) is 0.0946. The van der Waals surface area contributed by atoms with Crippen LogP contribution < -0.4 is 4.74 Å². The van der Waals surface area contributed by atoms with E-state index in [0.717, 1.165) is 56.8 Å². The highest BCUT2D eigenvalue weighted by molar-refractivity contribution is 8.04. The molecule has 2 nitrogen and oxygen atoms in total. The molecule has 1 fully saturated rings. The first kappa shape index (κ1) is 20.0. The van der Waals surface area contributed by atoms with Crippen molar-refractivity contribution < 1.29 is 9.47 Å². The van der Waals surface area contributed by atoms with E-state index in [2.05, 4.69) is 56.8 Å². The van der Waals surface area contributed by atoms with Gasteiger partial charge in [-0.1, -0.05) is 45.4 Å². The molecule has 1 aromatic rings. The second-order valence-electron chi connectivity index (χ2n) is 6.30. The van der Waals surface area contributed by atoms with Gasteiger partial charge in [0.2, 0.25) is 0 Å². The highest BCUT2D eigenvalue weighted by Gasteiger charge is 2.37. The van der Waals surface area contributed by atoms with Gasteiger partial charge in [0.05, 0.1) is 13.2 Å². The molecule has 1 aromatic carbocycles. The second-order valence-corrected chi connectivity index (χ2v) is 9.10. The van der Waals surface area contributed by atoms with Crippen molar-refractivity contribution in [1.82, 2.24) is 0 Å². The van der Waals surface area contributed by atoms with Crippen LogP contribution in [0.15, 0.2) is 24.3 Å². The van der Waals surface area contributed by atoms with Crippen LogP contribution >= 0.6 is 23.5 Å². The van der Waals surface area contributed by atoms with E-state index in [1.165, 1.54) is 11.3 Å². The number of aryl methyl sites for hydroxylation is 1. The van der Waals surface area contributed by atoms with Gasteiger partial charge in [-0.25, -0.2) is 0 Å². The molecule has 1 saturated heterocycles. The number of ether oxygens (including phenoxy) is 2. The fourth-order valence-electron chi connectivity index (χ4n) is 3.00. The van der Waals surface area contributed by atoms with E-state index in [0.29, 0.717) is 5.25 Å². The van der Waals surface area contributed by atoms with E-state index in [9.17, 15) is 0 Å². The molecule has 0 N–H and O–H groups in total.